The van der Waals surface area contributed by atoms with E-state index in [9.17, 15) is 9.59 Å². The average molecular weight is 286 g/mol. The van der Waals surface area contributed by atoms with Gasteiger partial charge < -0.3 is 15.0 Å². The van der Waals surface area contributed by atoms with Gasteiger partial charge in [-0.05, 0) is 37.8 Å². The molecular weight excluding hydrogens is 264 g/mol. The Morgan fingerprint density at radius 1 is 1.33 bits per heavy atom. The molecule has 2 atom stereocenters. The van der Waals surface area contributed by atoms with Gasteiger partial charge >= 0.3 is 0 Å². The number of likely N-dealkylation sites (tertiary alicyclic amines) is 1. The Balaban J connectivity index is 1.81. The third-order valence-corrected chi connectivity index (χ3v) is 4.73. The Labute approximate surface area is 125 Å². The molecule has 2 fully saturated rings. The van der Waals surface area contributed by atoms with Gasteiger partial charge in [0.2, 0.25) is 5.91 Å². The summed E-state index contributed by atoms with van der Waals surface area (Å²) in [5, 5.41) is 3.25. The van der Waals surface area contributed by atoms with E-state index in [0.717, 1.165) is 44.1 Å². The first-order valence-electron chi connectivity index (χ1n) is 7.80. The number of rotatable bonds is 4. The largest absolute Gasteiger partial charge is 0.329 e. The van der Waals surface area contributed by atoms with E-state index in [1.807, 2.05) is 35.2 Å². The van der Waals surface area contributed by atoms with Crippen molar-refractivity contribution in [2.45, 2.75) is 43.7 Å². The number of hydrogen-bond donors (Lipinski definition) is 1. The zero-order chi connectivity index (χ0) is 14.7. The third-order valence-electron chi connectivity index (χ3n) is 4.73. The molecule has 1 amide bonds. The first-order chi connectivity index (χ1) is 10.2. The van der Waals surface area contributed by atoms with Gasteiger partial charge in [-0.3, -0.25) is 4.79 Å². The van der Waals surface area contributed by atoms with E-state index < -0.39 is 5.54 Å². The molecule has 0 aliphatic carbocycles. The van der Waals surface area contributed by atoms with Crippen LogP contribution in [-0.2, 0) is 16.0 Å². The molecule has 4 nitrogen and oxygen atoms in total. The summed E-state index contributed by atoms with van der Waals surface area (Å²) >= 11 is 0. The lowest BCUT2D eigenvalue weighted by molar-refractivity contribution is -0.141. The van der Waals surface area contributed by atoms with Crippen molar-refractivity contribution in [3.8, 4) is 0 Å². The Morgan fingerprint density at radius 2 is 2.14 bits per heavy atom. The van der Waals surface area contributed by atoms with Gasteiger partial charge in [-0.15, -0.1) is 0 Å². The maximum Gasteiger partial charge on any atom is 0.240 e. The van der Waals surface area contributed by atoms with Gasteiger partial charge in [0, 0.05) is 13.0 Å². The van der Waals surface area contributed by atoms with Gasteiger partial charge in [0.1, 0.15) is 11.8 Å². The standard InChI is InChI=1S/C17H22N2O2/c20-13-17(12-14-6-2-1-3-7-14)9-5-11-19(17)16(21)15-8-4-10-18-15/h1-3,6-7,13,15,18H,4-5,8-12H2. The van der Waals surface area contributed by atoms with Crippen LogP contribution in [0.2, 0.25) is 0 Å². The van der Waals surface area contributed by atoms with Crippen molar-refractivity contribution in [1.82, 2.24) is 10.2 Å². The second-order valence-corrected chi connectivity index (χ2v) is 6.13. The molecule has 2 heterocycles. The maximum atomic E-state index is 12.7. The second kappa shape index (κ2) is 5.98. The molecule has 2 saturated heterocycles. The van der Waals surface area contributed by atoms with Crippen LogP contribution in [-0.4, -0.2) is 41.8 Å². The van der Waals surface area contributed by atoms with E-state index in [0.29, 0.717) is 13.0 Å². The molecule has 0 saturated carbocycles. The number of benzene rings is 1. The summed E-state index contributed by atoms with van der Waals surface area (Å²) in [6.45, 7) is 1.60. The molecule has 2 aliphatic rings. The third kappa shape index (κ3) is 2.72. The zero-order valence-electron chi connectivity index (χ0n) is 12.3. The monoisotopic (exact) mass is 286 g/mol. The normalized spacial score (nSPS) is 28.8. The Kier molecular flexibility index (Phi) is 4.06. The fourth-order valence-corrected chi connectivity index (χ4v) is 3.61. The van der Waals surface area contributed by atoms with E-state index >= 15 is 0 Å². The van der Waals surface area contributed by atoms with Gasteiger partial charge in [-0.2, -0.15) is 0 Å². The van der Waals surface area contributed by atoms with E-state index in [-0.39, 0.29) is 11.9 Å². The predicted octanol–water partition coefficient (Wildman–Crippen LogP) is 1.54. The van der Waals surface area contributed by atoms with Crippen molar-refractivity contribution in [2.24, 2.45) is 0 Å². The van der Waals surface area contributed by atoms with Gasteiger partial charge in [0.05, 0.1) is 6.04 Å². The highest BCUT2D eigenvalue weighted by Gasteiger charge is 2.45. The number of nitrogens with zero attached hydrogens (tertiary/aromatic N) is 1. The average Bonchev–Trinajstić information content (AvgIpc) is 3.18. The van der Waals surface area contributed by atoms with Crippen molar-refractivity contribution >= 4 is 12.2 Å². The minimum Gasteiger partial charge on any atom is -0.329 e. The van der Waals surface area contributed by atoms with Gasteiger partial charge in [0.25, 0.3) is 0 Å². The van der Waals surface area contributed by atoms with Crippen LogP contribution < -0.4 is 5.32 Å². The van der Waals surface area contributed by atoms with Gasteiger partial charge in [-0.1, -0.05) is 30.3 Å². The molecule has 0 aromatic heterocycles. The highest BCUT2D eigenvalue weighted by Crippen LogP contribution is 2.32. The smallest absolute Gasteiger partial charge is 0.240 e. The Morgan fingerprint density at radius 3 is 2.81 bits per heavy atom. The van der Waals surface area contributed by atoms with E-state index in [1.54, 1.807) is 0 Å². The summed E-state index contributed by atoms with van der Waals surface area (Å²) in [7, 11) is 0. The van der Waals surface area contributed by atoms with Crippen LogP contribution >= 0.6 is 0 Å². The number of nitrogens with one attached hydrogen (secondary N) is 1. The molecule has 2 aliphatic heterocycles. The molecule has 2 unspecified atom stereocenters. The summed E-state index contributed by atoms with van der Waals surface area (Å²) in [5.74, 6) is 0.105. The Bertz CT molecular complexity index is 511. The lowest BCUT2D eigenvalue weighted by atomic mass is 9.89. The Hall–Kier alpha value is -1.68. The van der Waals surface area contributed by atoms with Crippen LogP contribution in [0.4, 0.5) is 0 Å². The second-order valence-electron chi connectivity index (χ2n) is 6.13. The number of carbonyl (C=O) groups is 2. The summed E-state index contributed by atoms with van der Waals surface area (Å²) in [5.41, 5.74) is 0.464. The minimum absolute atomic E-state index is 0.0989. The predicted molar refractivity (Wildman–Crippen MR) is 80.9 cm³/mol. The zero-order valence-corrected chi connectivity index (χ0v) is 12.3. The first kappa shape index (κ1) is 14.3. The summed E-state index contributed by atoms with van der Waals surface area (Å²) < 4.78 is 0. The molecule has 0 spiro atoms. The number of aldehydes is 1. The highest BCUT2D eigenvalue weighted by molar-refractivity contribution is 5.87. The van der Waals surface area contributed by atoms with Gasteiger partial charge in [-0.25, -0.2) is 0 Å². The number of amides is 1. The number of hydrogen-bond acceptors (Lipinski definition) is 3. The minimum atomic E-state index is -0.650. The molecule has 1 aromatic rings. The molecule has 0 radical (unpaired) electrons. The number of carbonyl (C=O) groups excluding carboxylic acids is 2. The van der Waals surface area contributed by atoms with E-state index in [1.165, 1.54) is 0 Å². The molecular formula is C17H22N2O2. The van der Waals surface area contributed by atoms with E-state index in [4.69, 9.17) is 0 Å². The summed E-state index contributed by atoms with van der Waals surface area (Å²) in [6, 6.07) is 9.89. The lowest BCUT2D eigenvalue weighted by Gasteiger charge is -2.35. The fourth-order valence-electron chi connectivity index (χ4n) is 3.61. The fraction of sp³-hybridized carbons (Fsp3) is 0.529. The van der Waals surface area contributed by atoms with Crippen LogP contribution in [0, 0.1) is 0 Å². The van der Waals surface area contributed by atoms with E-state index in [2.05, 4.69) is 5.32 Å². The lowest BCUT2D eigenvalue weighted by Crippen LogP contribution is -2.55. The van der Waals surface area contributed by atoms with Crippen molar-refractivity contribution < 1.29 is 9.59 Å². The van der Waals surface area contributed by atoms with Crippen molar-refractivity contribution in [3.05, 3.63) is 35.9 Å². The quantitative estimate of drug-likeness (QED) is 0.854. The van der Waals surface area contributed by atoms with Crippen molar-refractivity contribution in [1.29, 1.82) is 0 Å². The van der Waals surface area contributed by atoms with Crippen LogP contribution in [0.5, 0.6) is 0 Å². The topological polar surface area (TPSA) is 49.4 Å². The van der Waals surface area contributed by atoms with Crippen LogP contribution in [0.3, 0.4) is 0 Å². The maximum absolute atomic E-state index is 12.7. The summed E-state index contributed by atoms with van der Waals surface area (Å²) in [4.78, 5) is 26.4. The first-order valence-corrected chi connectivity index (χ1v) is 7.80. The van der Waals surface area contributed by atoms with Crippen molar-refractivity contribution in [3.63, 3.8) is 0 Å². The molecule has 1 N–H and O–H groups in total. The molecule has 0 bridgehead atoms. The van der Waals surface area contributed by atoms with Crippen LogP contribution in [0.15, 0.2) is 30.3 Å². The van der Waals surface area contributed by atoms with Crippen molar-refractivity contribution in [2.75, 3.05) is 13.1 Å². The molecule has 21 heavy (non-hydrogen) atoms. The molecule has 4 heteroatoms. The SMILES string of the molecule is O=CC1(Cc2ccccc2)CCCN1C(=O)C1CCCN1. The van der Waals surface area contributed by atoms with Crippen LogP contribution in [0.1, 0.15) is 31.2 Å². The highest BCUT2D eigenvalue weighted by atomic mass is 16.2. The van der Waals surface area contributed by atoms with Crippen LogP contribution in [0.25, 0.3) is 0 Å². The summed E-state index contributed by atoms with van der Waals surface area (Å²) in [6.07, 6.45) is 5.22. The molecule has 3 rings (SSSR count). The molecule has 112 valence electrons. The molecule has 1 aromatic carbocycles. The van der Waals surface area contributed by atoms with Gasteiger partial charge in [0.15, 0.2) is 0 Å².